The molecule has 0 radical (unpaired) electrons. The van der Waals surface area contributed by atoms with Crippen molar-refractivity contribution < 1.29 is 17.9 Å². The third-order valence-electron chi connectivity index (χ3n) is 3.82. The van der Waals surface area contributed by atoms with Crippen LogP contribution in [0.15, 0.2) is 42.6 Å². The molecule has 3 aromatic rings. The molecule has 146 valence electrons. The first kappa shape index (κ1) is 21.0. The van der Waals surface area contributed by atoms with Crippen molar-refractivity contribution in [2.45, 2.75) is 12.6 Å². The molecule has 0 amide bonds. The van der Waals surface area contributed by atoms with Gasteiger partial charge in [-0.05, 0) is 50.8 Å². The number of ether oxygens (including phenoxy) is 1. The number of pyridine rings is 1. The van der Waals surface area contributed by atoms with Crippen LogP contribution in [0.5, 0.6) is 5.88 Å². The lowest BCUT2D eigenvalue weighted by Gasteiger charge is -2.09. The number of alkyl halides is 3. The molecule has 0 spiro atoms. The van der Waals surface area contributed by atoms with Gasteiger partial charge in [0.25, 0.3) is 0 Å². The van der Waals surface area contributed by atoms with E-state index in [4.69, 9.17) is 4.74 Å². The van der Waals surface area contributed by atoms with Gasteiger partial charge in [0, 0.05) is 12.7 Å². The highest BCUT2D eigenvalue weighted by atomic mass is 35.5. The Balaban J connectivity index is 0.00000261. The van der Waals surface area contributed by atoms with Crippen LogP contribution in [0.25, 0.3) is 16.7 Å². The molecule has 0 fully saturated rings. The predicted octanol–water partition coefficient (Wildman–Crippen LogP) is 4.19. The van der Waals surface area contributed by atoms with Crippen molar-refractivity contribution in [2.75, 3.05) is 27.2 Å². The largest absolute Gasteiger partial charge is 0.476 e. The number of nitrogens with zero attached hydrogens (tertiary/aromatic N) is 4. The molecular weight excluding hydrogens is 381 g/mol. The lowest BCUT2D eigenvalue weighted by molar-refractivity contribution is -0.137. The van der Waals surface area contributed by atoms with Crippen LogP contribution in [0.2, 0.25) is 0 Å². The fourth-order valence-electron chi connectivity index (χ4n) is 2.57. The third kappa shape index (κ3) is 4.90. The first-order valence-electron chi connectivity index (χ1n) is 8.15. The van der Waals surface area contributed by atoms with Gasteiger partial charge in [0.15, 0.2) is 5.65 Å². The zero-order valence-electron chi connectivity index (χ0n) is 14.9. The molecule has 9 heteroatoms. The average molecular weight is 401 g/mol. The number of halogens is 4. The molecule has 0 saturated heterocycles. The summed E-state index contributed by atoms with van der Waals surface area (Å²) in [6.07, 6.45) is -2.03. The zero-order chi connectivity index (χ0) is 18.7. The lowest BCUT2D eigenvalue weighted by atomic mass is 10.2. The summed E-state index contributed by atoms with van der Waals surface area (Å²) in [5.74, 6) is 0.365. The van der Waals surface area contributed by atoms with Gasteiger partial charge < -0.3 is 9.64 Å². The van der Waals surface area contributed by atoms with Gasteiger partial charge in [0.2, 0.25) is 5.88 Å². The van der Waals surface area contributed by atoms with E-state index in [2.05, 4.69) is 10.1 Å². The number of hydrogen-bond donors (Lipinski definition) is 0. The monoisotopic (exact) mass is 400 g/mol. The van der Waals surface area contributed by atoms with Crippen LogP contribution in [-0.4, -0.2) is 46.9 Å². The van der Waals surface area contributed by atoms with Gasteiger partial charge in [-0.3, -0.25) is 0 Å². The van der Waals surface area contributed by atoms with E-state index in [0.717, 1.165) is 25.1 Å². The molecule has 1 aromatic carbocycles. The van der Waals surface area contributed by atoms with Gasteiger partial charge in [0.05, 0.1) is 23.2 Å². The summed E-state index contributed by atoms with van der Waals surface area (Å²) in [6, 6.07) is 8.53. The first-order valence-corrected chi connectivity index (χ1v) is 8.15. The van der Waals surface area contributed by atoms with Gasteiger partial charge in [-0.25, -0.2) is 9.67 Å². The summed E-state index contributed by atoms with van der Waals surface area (Å²) in [5.41, 5.74) is 0.00383. The molecule has 0 saturated carbocycles. The summed E-state index contributed by atoms with van der Waals surface area (Å²) in [6.45, 7) is 1.33. The Bertz CT molecular complexity index is 896. The highest BCUT2D eigenvalue weighted by molar-refractivity contribution is 5.85. The SMILES string of the molecule is CN(C)CCCOc1nn(-c2cccc(C(F)(F)F)c2)c2ncccc12.Cl. The molecule has 2 aromatic heterocycles. The van der Waals surface area contributed by atoms with Crippen molar-refractivity contribution in [2.24, 2.45) is 0 Å². The fraction of sp³-hybridized carbons (Fsp3) is 0.333. The molecule has 27 heavy (non-hydrogen) atoms. The maximum Gasteiger partial charge on any atom is 0.416 e. The fourth-order valence-corrected chi connectivity index (χ4v) is 2.57. The van der Waals surface area contributed by atoms with Crippen LogP contribution in [0, 0.1) is 0 Å². The number of hydrogen-bond acceptors (Lipinski definition) is 4. The second-order valence-electron chi connectivity index (χ2n) is 6.14. The minimum atomic E-state index is -4.42. The minimum absolute atomic E-state index is 0. The number of fused-ring (bicyclic) bond motifs is 1. The Labute approximate surface area is 161 Å². The van der Waals surface area contributed by atoms with E-state index < -0.39 is 11.7 Å². The molecule has 0 aliphatic rings. The van der Waals surface area contributed by atoms with Gasteiger partial charge >= 0.3 is 6.18 Å². The Morgan fingerprint density at radius 3 is 2.63 bits per heavy atom. The molecule has 3 rings (SSSR count). The number of benzene rings is 1. The second-order valence-corrected chi connectivity index (χ2v) is 6.14. The Hall–Kier alpha value is -2.32. The molecule has 0 atom stereocenters. The molecule has 5 nitrogen and oxygen atoms in total. The van der Waals surface area contributed by atoms with Crippen LogP contribution >= 0.6 is 12.4 Å². The van der Waals surface area contributed by atoms with E-state index in [1.807, 2.05) is 19.0 Å². The van der Waals surface area contributed by atoms with E-state index in [9.17, 15) is 13.2 Å². The molecule has 0 unspecified atom stereocenters. The van der Waals surface area contributed by atoms with E-state index in [1.54, 1.807) is 24.4 Å². The van der Waals surface area contributed by atoms with Crippen LogP contribution in [0.3, 0.4) is 0 Å². The van der Waals surface area contributed by atoms with Crippen LogP contribution in [-0.2, 0) is 6.18 Å². The molecule has 0 bridgehead atoms. The summed E-state index contributed by atoms with van der Waals surface area (Å²) in [5, 5.41) is 5.01. The Morgan fingerprint density at radius 2 is 1.93 bits per heavy atom. The summed E-state index contributed by atoms with van der Waals surface area (Å²) in [4.78, 5) is 6.30. The van der Waals surface area contributed by atoms with Gasteiger partial charge in [0.1, 0.15) is 0 Å². The van der Waals surface area contributed by atoms with Crippen LogP contribution < -0.4 is 4.74 Å². The van der Waals surface area contributed by atoms with E-state index in [-0.39, 0.29) is 18.1 Å². The summed E-state index contributed by atoms with van der Waals surface area (Å²) in [7, 11) is 3.95. The summed E-state index contributed by atoms with van der Waals surface area (Å²) < 4.78 is 46.1. The average Bonchev–Trinajstić information content (AvgIpc) is 2.97. The molecule has 0 N–H and O–H groups in total. The van der Waals surface area contributed by atoms with Crippen molar-refractivity contribution in [3.63, 3.8) is 0 Å². The molecular formula is C18H20ClF3N4O. The Kier molecular flexibility index (Phi) is 6.67. The standard InChI is InChI=1S/C18H19F3N4O.ClH/c1-24(2)10-5-11-26-17-15-8-4-9-22-16(15)25(23-17)14-7-3-6-13(12-14)18(19,20)21;/h3-4,6-9,12H,5,10-11H2,1-2H3;1H. The van der Waals surface area contributed by atoms with Crippen molar-refractivity contribution in [1.29, 1.82) is 0 Å². The van der Waals surface area contributed by atoms with E-state index in [0.29, 0.717) is 23.5 Å². The predicted molar refractivity (Wildman–Crippen MR) is 99.8 cm³/mol. The van der Waals surface area contributed by atoms with Gasteiger partial charge in [-0.15, -0.1) is 17.5 Å². The van der Waals surface area contributed by atoms with Crippen molar-refractivity contribution in [1.82, 2.24) is 19.7 Å². The number of aromatic nitrogens is 3. The molecule has 0 aliphatic carbocycles. The van der Waals surface area contributed by atoms with Gasteiger partial charge in [-0.2, -0.15) is 13.2 Å². The first-order chi connectivity index (χ1) is 12.4. The second kappa shape index (κ2) is 8.58. The molecule has 0 aliphatic heterocycles. The van der Waals surface area contributed by atoms with E-state index in [1.165, 1.54) is 10.7 Å². The number of rotatable bonds is 6. The maximum atomic E-state index is 13.0. The maximum absolute atomic E-state index is 13.0. The third-order valence-corrected chi connectivity index (χ3v) is 3.82. The highest BCUT2D eigenvalue weighted by Gasteiger charge is 2.30. The molecule has 2 heterocycles. The van der Waals surface area contributed by atoms with Crippen LogP contribution in [0.1, 0.15) is 12.0 Å². The smallest absolute Gasteiger partial charge is 0.416 e. The van der Waals surface area contributed by atoms with Crippen LogP contribution in [0.4, 0.5) is 13.2 Å². The van der Waals surface area contributed by atoms with Crippen molar-refractivity contribution >= 4 is 23.4 Å². The zero-order valence-corrected chi connectivity index (χ0v) is 15.7. The highest BCUT2D eigenvalue weighted by Crippen LogP contribution is 2.32. The van der Waals surface area contributed by atoms with Gasteiger partial charge in [-0.1, -0.05) is 6.07 Å². The quantitative estimate of drug-likeness (QED) is 0.582. The minimum Gasteiger partial charge on any atom is -0.476 e. The van der Waals surface area contributed by atoms with Crippen molar-refractivity contribution in [3.8, 4) is 11.6 Å². The Morgan fingerprint density at radius 1 is 1.15 bits per heavy atom. The van der Waals surface area contributed by atoms with Crippen molar-refractivity contribution in [3.05, 3.63) is 48.2 Å². The lowest BCUT2D eigenvalue weighted by Crippen LogP contribution is -2.15. The topological polar surface area (TPSA) is 43.2 Å². The van der Waals surface area contributed by atoms with E-state index >= 15 is 0 Å². The normalized spacial score (nSPS) is 11.6. The summed E-state index contributed by atoms with van der Waals surface area (Å²) >= 11 is 0.